The Labute approximate surface area is 145 Å². The molecule has 0 fully saturated rings. The number of carbonyl (C=O) groups excluding carboxylic acids is 1. The molecule has 3 rings (SSSR count). The van der Waals surface area contributed by atoms with Gasteiger partial charge in [0.15, 0.2) is 0 Å². The molecule has 0 radical (unpaired) electrons. The molecule has 1 amide bonds. The van der Waals surface area contributed by atoms with E-state index in [1.165, 1.54) is 4.88 Å². The number of rotatable bonds is 5. The highest BCUT2D eigenvalue weighted by molar-refractivity contribution is 7.11. The molecule has 0 saturated heterocycles. The van der Waals surface area contributed by atoms with Crippen molar-refractivity contribution in [3.63, 3.8) is 0 Å². The molecule has 4 nitrogen and oxygen atoms in total. The van der Waals surface area contributed by atoms with Crippen molar-refractivity contribution in [2.75, 3.05) is 7.05 Å². The van der Waals surface area contributed by atoms with Crippen molar-refractivity contribution in [1.29, 1.82) is 0 Å². The molecule has 0 unspecified atom stereocenters. The van der Waals surface area contributed by atoms with E-state index >= 15 is 0 Å². The SMILES string of the molecule is Cc1ccc(CN(C)C(=O)c2ccccc2Oc2cccnc2)s1. The summed E-state index contributed by atoms with van der Waals surface area (Å²) < 4.78 is 5.83. The molecule has 2 heterocycles. The summed E-state index contributed by atoms with van der Waals surface area (Å²) in [5.41, 5.74) is 0.539. The second-order valence-electron chi connectivity index (χ2n) is 5.46. The van der Waals surface area contributed by atoms with E-state index in [9.17, 15) is 4.79 Å². The highest BCUT2D eigenvalue weighted by Crippen LogP contribution is 2.26. The van der Waals surface area contributed by atoms with E-state index in [0.29, 0.717) is 23.6 Å². The Morgan fingerprint density at radius 3 is 2.71 bits per heavy atom. The van der Waals surface area contributed by atoms with Crippen LogP contribution in [-0.2, 0) is 6.54 Å². The van der Waals surface area contributed by atoms with E-state index in [4.69, 9.17) is 4.74 Å². The van der Waals surface area contributed by atoms with Gasteiger partial charge in [0.1, 0.15) is 11.5 Å². The summed E-state index contributed by atoms with van der Waals surface area (Å²) in [6.07, 6.45) is 3.31. The van der Waals surface area contributed by atoms with Gasteiger partial charge in [0, 0.05) is 23.0 Å². The van der Waals surface area contributed by atoms with Crippen molar-refractivity contribution in [2.45, 2.75) is 13.5 Å². The van der Waals surface area contributed by atoms with Crippen LogP contribution in [0.25, 0.3) is 0 Å². The first-order valence-corrected chi connectivity index (χ1v) is 8.43. The normalized spacial score (nSPS) is 10.4. The topological polar surface area (TPSA) is 42.4 Å². The first-order valence-electron chi connectivity index (χ1n) is 7.61. The van der Waals surface area contributed by atoms with Crippen LogP contribution in [0, 0.1) is 6.92 Å². The fourth-order valence-corrected chi connectivity index (χ4v) is 3.29. The van der Waals surface area contributed by atoms with Crippen LogP contribution < -0.4 is 4.74 Å². The van der Waals surface area contributed by atoms with Crippen LogP contribution in [0.1, 0.15) is 20.1 Å². The Balaban J connectivity index is 1.79. The summed E-state index contributed by atoms with van der Waals surface area (Å²) in [5, 5.41) is 0. The van der Waals surface area contributed by atoms with Gasteiger partial charge in [-0.15, -0.1) is 11.3 Å². The van der Waals surface area contributed by atoms with E-state index in [0.717, 1.165) is 4.88 Å². The van der Waals surface area contributed by atoms with Crippen LogP contribution in [0.15, 0.2) is 60.9 Å². The van der Waals surface area contributed by atoms with Gasteiger partial charge in [-0.2, -0.15) is 0 Å². The minimum atomic E-state index is -0.0689. The minimum Gasteiger partial charge on any atom is -0.455 e. The van der Waals surface area contributed by atoms with E-state index in [1.54, 1.807) is 53.9 Å². The zero-order chi connectivity index (χ0) is 16.9. The standard InChI is InChI=1S/C19H18N2O2S/c1-14-9-10-16(24-14)13-21(2)19(22)17-7-3-4-8-18(17)23-15-6-5-11-20-12-15/h3-12H,13H2,1-2H3. The molecule has 0 aliphatic heterocycles. The van der Waals surface area contributed by atoms with E-state index in [1.807, 2.05) is 18.2 Å². The van der Waals surface area contributed by atoms with Crippen molar-refractivity contribution in [3.8, 4) is 11.5 Å². The van der Waals surface area contributed by atoms with E-state index < -0.39 is 0 Å². The number of amides is 1. The number of para-hydroxylation sites is 1. The summed E-state index contributed by atoms with van der Waals surface area (Å²) in [6, 6.07) is 15.0. The first kappa shape index (κ1) is 16.2. The number of ether oxygens (including phenoxy) is 1. The summed E-state index contributed by atoms with van der Waals surface area (Å²) in [7, 11) is 1.80. The average molecular weight is 338 g/mol. The smallest absolute Gasteiger partial charge is 0.257 e. The number of aryl methyl sites for hydroxylation is 1. The Morgan fingerprint density at radius 1 is 1.17 bits per heavy atom. The van der Waals surface area contributed by atoms with Crippen LogP contribution in [-0.4, -0.2) is 22.8 Å². The maximum atomic E-state index is 12.8. The van der Waals surface area contributed by atoms with Gasteiger partial charge in [0.05, 0.1) is 18.3 Å². The molecular weight excluding hydrogens is 320 g/mol. The lowest BCUT2D eigenvalue weighted by Gasteiger charge is -2.18. The van der Waals surface area contributed by atoms with Crippen molar-refractivity contribution >= 4 is 17.2 Å². The number of nitrogens with zero attached hydrogens (tertiary/aromatic N) is 2. The van der Waals surface area contributed by atoms with Crippen molar-refractivity contribution in [2.24, 2.45) is 0 Å². The van der Waals surface area contributed by atoms with Crippen LogP contribution in [0.4, 0.5) is 0 Å². The molecule has 0 spiro atoms. The van der Waals surface area contributed by atoms with Gasteiger partial charge in [-0.25, -0.2) is 0 Å². The third-order valence-electron chi connectivity index (χ3n) is 3.52. The number of carbonyl (C=O) groups is 1. The molecule has 122 valence electrons. The highest BCUT2D eigenvalue weighted by Gasteiger charge is 2.17. The van der Waals surface area contributed by atoms with Crippen molar-refractivity contribution < 1.29 is 9.53 Å². The third kappa shape index (κ3) is 3.81. The number of hydrogen-bond acceptors (Lipinski definition) is 4. The molecule has 0 N–H and O–H groups in total. The molecule has 0 saturated carbocycles. The number of benzene rings is 1. The predicted molar refractivity (Wildman–Crippen MR) is 95.6 cm³/mol. The van der Waals surface area contributed by atoms with Gasteiger partial charge in [0.25, 0.3) is 5.91 Å². The van der Waals surface area contributed by atoms with Crippen LogP contribution >= 0.6 is 11.3 Å². The van der Waals surface area contributed by atoms with Gasteiger partial charge >= 0.3 is 0 Å². The number of pyridine rings is 1. The summed E-state index contributed by atoms with van der Waals surface area (Å²) in [6.45, 7) is 2.64. The summed E-state index contributed by atoms with van der Waals surface area (Å²) in [5.74, 6) is 1.07. The van der Waals surface area contributed by atoms with E-state index in [2.05, 4.69) is 24.0 Å². The minimum absolute atomic E-state index is 0.0689. The van der Waals surface area contributed by atoms with Gasteiger partial charge < -0.3 is 9.64 Å². The number of aromatic nitrogens is 1. The molecule has 0 aliphatic carbocycles. The molecule has 0 aliphatic rings. The lowest BCUT2D eigenvalue weighted by atomic mass is 10.1. The molecule has 0 atom stereocenters. The van der Waals surface area contributed by atoms with Crippen LogP contribution in [0.5, 0.6) is 11.5 Å². The second-order valence-corrected chi connectivity index (χ2v) is 6.83. The lowest BCUT2D eigenvalue weighted by molar-refractivity contribution is 0.0784. The largest absolute Gasteiger partial charge is 0.455 e. The fraction of sp³-hybridized carbons (Fsp3) is 0.158. The maximum absolute atomic E-state index is 12.8. The zero-order valence-corrected chi connectivity index (χ0v) is 14.4. The lowest BCUT2D eigenvalue weighted by Crippen LogP contribution is -2.26. The molecular formula is C19H18N2O2S. The van der Waals surface area contributed by atoms with Crippen molar-refractivity contribution in [3.05, 3.63) is 76.2 Å². The molecule has 5 heteroatoms. The Bertz CT molecular complexity index is 830. The molecule has 0 bridgehead atoms. The summed E-state index contributed by atoms with van der Waals surface area (Å²) in [4.78, 5) is 20.9. The number of hydrogen-bond donors (Lipinski definition) is 0. The third-order valence-corrected chi connectivity index (χ3v) is 4.50. The molecule has 24 heavy (non-hydrogen) atoms. The second kappa shape index (κ2) is 7.27. The molecule has 1 aromatic carbocycles. The summed E-state index contributed by atoms with van der Waals surface area (Å²) >= 11 is 1.70. The van der Waals surface area contributed by atoms with Crippen LogP contribution in [0.2, 0.25) is 0 Å². The first-order chi connectivity index (χ1) is 11.6. The fourth-order valence-electron chi connectivity index (χ4n) is 2.35. The van der Waals surface area contributed by atoms with Gasteiger partial charge in [-0.05, 0) is 43.3 Å². The van der Waals surface area contributed by atoms with Gasteiger partial charge in [-0.1, -0.05) is 12.1 Å². The monoisotopic (exact) mass is 338 g/mol. The number of thiophene rings is 1. The average Bonchev–Trinajstić information content (AvgIpc) is 3.00. The molecule has 2 aromatic heterocycles. The van der Waals surface area contributed by atoms with Crippen LogP contribution in [0.3, 0.4) is 0 Å². The molecule has 3 aromatic rings. The van der Waals surface area contributed by atoms with Gasteiger partial charge in [-0.3, -0.25) is 9.78 Å². The Morgan fingerprint density at radius 2 is 2.00 bits per heavy atom. The van der Waals surface area contributed by atoms with E-state index in [-0.39, 0.29) is 5.91 Å². The van der Waals surface area contributed by atoms with Crippen molar-refractivity contribution in [1.82, 2.24) is 9.88 Å². The Kier molecular flexibility index (Phi) is 4.91. The maximum Gasteiger partial charge on any atom is 0.257 e. The highest BCUT2D eigenvalue weighted by atomic mass is 32.1. The quantitative estimate of drug-likeness (QED) is 0.687. The predicted octanol–water partition coefficient (Wildman–Crippen LogP) is 4.52. The zero-order valence-electron chi connectivity index (χ0n) is 13.6. The Hall–Kier alpha value is -2.66. The van der Waals surface area contributed by atoms with Gasteiger partial charge in [0.2, 0.25) is 0 Å².